The Kier molecular flexibility index (Phi) is 6.28. The van der Waals surface area contributed by atoms with Crippen LogP contribution in [0, 0.1) is 0 Å². The average Bonchev–Trinajstić information content (AvgIpc) is 3.33. The molecule has 0 bridgehead atoms. The van der Waals surface area contributed by atoms with Crippen molar-refractivity contribution in [2.75, 3.05) is 24.6 Å². The van der Waals surface area contributed by atoms with E-state index in [1.165, 1.54) is 18.2 Å². The van der Waals surface area contributed by atoms with E-state index in [-0.39, 0.29) is 51.0 Å². The van der Waals surface area contributed by atoms with E-state index < -0.39 is 37.6 Å². The number of hydrogen-bond acceptors (Lipinski definition) is 8. The van der Waals surface area contributed by atoms with Crippen molar-refractivity contribution in [3.8, 4) is 17.1 Å². The fourth-order valence-electron chi connectivity index (χ4n) is 4.52. The number of carbonyl (C=O) groups is 5. The Labute approximate surface area is 219 Å². The molecule has 0 amide bonds. The van der Waals surface area contributed by atoms with Crippen LogP contribution < -0.4 is 9.64 Å². The molecular formula is C27H19N3O9. The van der Waals surface area contributed by atoms with Gasteiger partial charge >= 0.3 is 17.9 Å². The van der Waals surface area contributed by atoms with E-state index in [1.807, 2.05) is 0 Å². The first-order valence-corrected chi connectivity index (χ1v) is 11.5. The van der Waals surface area contributed by atoms with Gasteiger partial charge in [-0.25, -0.2) is 9.78 Å². The molecule has 39 heavy (non-hydrogen) atoms. The third-order valence-corrected chi connectivity index (χ3v) is 6.12. The largest absolute Gasteiger partial charge is 0.480 e. The van der Waals surface area contributed by atoms with E-state index in [2.05, 4.69) is 9.97 Å². The third-order valence-electron chi connectivity index (χ3n) is 6.12. The van der Waals surface area contributed by atoms with Gasteiger partial charge in [0.1, 0.15) is 30.2 Å². The predicted molar refractivity (Wildman–Crippen MR) is 135 cm³/mol. The predicted octanol–water partition coefficient (Wildman–Crippen LogP) is 2.44. The third kappa shape index (κ3) is 4.66. The Bertz CT molecular complexity index is 1690. The number of rotatable bonds is 9. The summed E-state index contributed by atoms with van der Waals surface area (Å²) in [6, 6.07) is 14.0. The standard InChI is InChI=1S/C27H19N3O9/c31-20(32)10-30(11-21(33)34)18-8-5-13(9-19(18)39-12-22(35)36)27-28-17-7-6-16-23(24(17)29-27)26(38)15-4-2-1-3-14(15)25(16)37/h1-9H,10-12H2,(H,28,29)(H,31,32)(H,33,34)(H,35,36). The Morgan fingerprint density at radius 2 is 1.49 bits per heavy atom. The van der Waals surface area contributed by atoms with Crippen LogP contribution in [0.1, 0.15) is 31.8 Å². The highest BCUT2D eigenvalue weighted by molar-refractivity contribution is 6.31. The summed E-state index contributed by atoms with van der Waals surface area (Å²) in [6.45, 7) is -2.12. The number of anilines is 1. The highest BCUT2D eigenvalue weighted by Gasteiger charge is 2.32. The smallest absolute Gasteiger partial charge is 0.341 e. The second kappa shape index (κ2) is 9.74. The lowest BCUT2D eigenvalue weighted by atomic mass is 9.83. The number of hydrogen-bond donors (Lipinski definition) is 4. The number of ketones is 2. The maximum atomic E-state index is 13.3. The Hall–Kier alpha value is -5.52. The van der Waals surface area contributed by atoms with Crippen LogP contribution >= 0.6 is 0 Å². The molecule has 0 unspecified atom stereocenters. The van der Waals surface area contributed by atoms with Crippen LogP contribution in [0.2, 0.25) is 0 Å². The highest BCUT2D eigenvalue weighted by Crippen LogP contribution is 2.36. The first kappa shape index (κ1) is 25.1. The van der Waals surface area contributed by atoms with Crippen LogP contribution in [0.4, 0.5) is 5.69 Å². The lowest BCUT2D eigenvalue weighted by molar-refractivity contribution is -0.140. The van der Waals surface area contributed by atoms with E-state index in [0.29, 0.717) is 16.6 Å². The van der Waals surface area contributed by atoms with Gasteiger partial charge in [-0.3, -0.25) is 19.2 Å². The number of benzene rings is 3. The summed E-state index contributed by atoms with van der Waals surface area (Å²) < 4.78 is 5.37. The van der Waals surface area contributed by atoms with Crippen molar-refractivity contribution in [2.24, 2.45) is 0 Å². The van der Waals surface area contributed by atoms with Crippen molar-refractivity contribution in [3.05, 3.63) is 76.9 Å². The molecule has 1 heterocycles. The summed E-state index contributed by atoms with van der Waals surface area (Å²) in [5.41, 5.74) is 2.15. The van der Waals surface area contributed by atoms with E-state index in [9.17, 15) is 34.2 Å². The van der Waals surface area contributed by atoms with Gasteiger partial charge in [0.2, 0.25) is 0 Å². The topological polar surface area (TPSA) is 187 Å². The number of aliphatic carboxylic acids is 3. The number of aromatic nitrogens is 2. The van der Waals surface area contributed by atoms with Crippen molar-refractivity contribution in [2.45, 2.75) is 0 Å². The molecule has 12 heteroatoms. The molecule has 4 aromatic rings. The number of ether oxygens (including phenoxy) is 1. The zero-order chi connectivity index (χ0) is 27.8. The van der Waals surface area contributed by atoms with Crippen molar-refractivity contribution >= 4 is 46.2 Å². The summed E-state index contributed by atoms with van der Waals surface area (Å²) in [7, 11) is 0. The fourth-order valence-corrected chi connectivity index (χ4v) is 4.52. The van der Waals surface area contributed by atoms with Gasteiger partial charge in [-0.2, -0.15) is 0 Å². The Morgan fingerprint density at radius 1 is 0.821 bits per heavy atom. The van der Waals surface area contributed by atoms with Crippen LogP contribution in [0.5, 0.6) is 5.75 Å². The first-order chi connectivity index (χ1) is 18.6. The lowest BCUT2D eigenvalue weighted by Crippen LogP contribution is -2.34. The normalized spacial score (nSPS) is 12.1. The van der Waals surface area contributed by atoms with Crippen LogP contribution in [0.25, 0.3) is 22.4 Å². The molecule has 12 nitrogen and oxygen atoms in total. The van der Waals surface area contributed by atoms with Crippen LogP contribution in [-0.4, -0.2) is 74.5 Å². The summed E-state index contributed by atoms with van der Waals surface area (Å²) in [4.78, 5) is 68.9. The summed E-state index contributed by atoms with van der Waals surface area (Å²) in [6.07, 6.45) is 0. The molecular weight excluding hydrogens is 510 g/mol. The quantitative estimate of drug-likeness (QED) is 0.220. The number of carbonyl (C=O) groups excluding carboxylic acids is 2. The van der Waals surface area contributed by atoms with E-state index in [0.717, 1.165) is 4.90 Å². The molecule has 4 N–H and O–H groups in total. The zero-order valence-electron chi connectivity index (χ0n) is 20.0. The molecule has 196 valence electrons. The molecule has 0 radical (unpaired) electrons. The Morgan fingerprint density at radius 3 is 2.13 bits per heavy atom. The molecule has 1 aliphatic carbocycles. The van der Waals surface area contributed by atoms with Gasteiger partial charge in [-0.05, 0) is 30.3 Å². The number of aromatic amines is 1. The molecule has 0 atom stereocenters. The van der Waals surface area contributed by atoms with Crippen LogP contribution in [0.15, 0.2) is 54.6 Å². The molecule has 0 fully saturated rings. The number of imidazole rings is 1. The first-order valence-electron chi connectivity index (χ1n) is 11.5. The van der Waals surface area contributed by atoms with Gasteiger partial charge in [-0.15, -0.1) is 0 Å². The van der Waals surface area contributed by atoms with Gasteiger partial charge in [-0.1, -0.05) is 24.3 Å². The number of carboxylic acid groups (broad SMARTS) is 3. The second-order valence-corrected chi connectivity index (χ2v) is 8.68. The minimum absolute atomic E-state index is 0.0515. The summed E-state index contributed by atoms with van der Waals surface area (Å²) in [5, 5.41) is 27.6. The maximum absolute atomic E-state index is 13.3. The Balaban J connectivity index is 1.61. The second-order valence-electron chi connectivity index (χ2n) is 8.68. The number of fused-ring (bicyclic) bond motifs is 4. The number of H-pyrrole nitrogens is 1. The number of nitrogens with one attached hydrogen (secondary N) is 1. The number of nitrogens with zero attached hydrogens (tertiary/aromatic N) is 2. The summed E-state index contributed by atoms with van der Waals surface area (Å²) in [5.74, 6) is -4.36. The molecule has 0 spiro atoms. The van der Waals surface area contributed by atoms with E-state index >= 15 is 0 Å². The molecule has 1 aliphatic rings. The lowest BCUT2D eigenvalue weighted by Gasteiger charge is -2.23. The molecule has 3 aromatic carbocycles. The number of carboxylic acids is 3. The SMILES string of the molecule is O=C(O)COc1cc(-c2nc3c4c(ccc3[nH]2)C(=O)c2ccccc2C4=O)ccc1N(CC(=O)O)CC(=O)O. The van der Waals surface area contributed by atoms with Crippen LogP contribution in [0.3, 0.4) is 0 Å². The average molecular weight is 529 g/mol. The minimum atomic E-state index is -1.30. The van der Waals surface area contributed by atoms with Crippen molar-refractivity contribution in [1.82, 2.24) is 9.97 Å². The molecule has 1 aromatic heterocycles. The minimum Gasteiger partial charge on any atom is -0.480 e. The van der Waals surface area contributed by atoms with Gasteiger partial charge in [0, 0.05) is 22.3 Å². The monoisotopic (exact) mass is 529 g/mol. The fraction of sp³-hybridized carbons (Fsp3) is 0.111. The zero-order valence-corrected chi connectivity index (χ0v) is 20.0. The molecule has 5 rings (SSSR count). The molecule has 0 saturated carbocycles. The highest BCUT2D eigenvalue weighted by atomic mass is 16.5. The van der Waals surface area contributed by atoms with Crippen molar-refractivity contribution < 1.29 is 44.0 Å². The molecule has 0 aliphatic heterocycles. The van der Waals surface area contributed by atoms with Gasteiger partial charge in [0.25, 0.3) is 0 Å². The maximum Gasteiger partial charge on any atom is 0.341 e. The van der Waals surface area contributed by atoms with E-state index in [4.69, 9.17) is 9.84 Å². The molecule has 0 saturated heterocycles. The van der Waals surface area contributed by atoms with Crippen molar-refractivity contribution in [1.29, 1.82) is 0 Å². The van der Waals surface area contributed by atoms with Gasteiger partial charge < -0.3 is 29.9 Å². The van der Waals surface area contributed by atoms with Gasteiger partial charge in [0.05, 0.1) is 16.8 Å². The van der Waals surface area contributed by atoms with Crippen molar-refractivity contribution in [3.63, 3.8) is 0 Å². The van der Waals surface area contributed by atoms with Crippen LogP contribution in [-0.2, 0) is 14.4 Å². The van der Waals surface area contributed by atoms with E-state index in [1.54, 1.807) is 36.4 Å². The van der Waals surface area contributed by atoms with Gasteiger partial charge in [0.15, 0.2) is 18.2 Å². The summed E-state index contributed by atoms with van der Waals surface area (Å²) >= 11 is 0.